The Morgan fingerprint density at radius 1 is 1.17 bits per heavy atom. The molecule has 0 aromatic heterocycles. The summed E-state index contributed by atoms with van der Waals surface area (Å²) in [5.74, 6) is -0.110. The summed E-state index contributed by atoms with van der Waals surface area (Å²) in [6.45, 7) is 0. The van der Waals surface area contributed by atoms with Gasteiger partial charge in [0.25, 0.3) is 5.91 Å². The van der Waals surface area contributed by atoms with Crippen LogP contribution in [0.15, 0.2) is 0 Å². The molecule has 18 heavy (non-hydrogen) atoms. The van der Waals surface area contributed by atoms with E-state index in [2.05, 4.69) is 0 Å². The third-order valence-corrected chi connectivity index (χ3v) is 3.21. The van der Waals surface area contributed by atoms with Gasteiger partial charge in [0.15, 0.2) is 0 Å². The molecule has 1 saturated heterocycles. The molecule has 0 saturated carbocycles. The second-order valence-corrected chi connectivity index (χ2v) is 4.61. The molecule has 0 radical (unpaired) electrons. The fourth-order valence-corrected chi connectivity index (χ4v) is 2.09. The number of carbonyl (C=O) groups excluding carboxylic acids is 1. The third-order valence-electron chi connectivity index (χ3n) is 1.04. The van der Waals surface area contributed by atoms with Gasteiger partial charge in [-0.25, -0.2) is 0 Å². The molecule has 14 heteroatoms. The standard InChI is InChI=1S/C4H5Cl2NOS.Mg.2NO3/c1-7-4(8)2(5)3(6)9-7;;2*2-1(3)4/h2-3H,1H3;;;/q;+2;2*-1. The summed E-state index contributed by atoms with van der Waals surface area (Å²) in [6.07, 6.45) is 0. The van der Waals surface area contributed by atoms with E-state index >= 15 is 0 Å². The predicted molar refractivity (Wildman–Crippen MR) is 66.1 cm³/mol. The van der Waals surface area contributed by atoms with Gasteiger partial charge in [-0.3, -0.25) is 9.10 Å². The number of hydrogen-bond donors (Lipinski definition) is 0. The summed E-state index contributed by atoms with van der Waals surface area (Å²) >= 11 is 12.4. The maximum Gasteiger partial charge on any atom is 2.00 e. The fourth-order valence-electron chi connectivity index (χ4n) is 0.542. The molecule has 1 aliphatic heterocycles. The molecule has 0 N–H and O–H groups in total. The zero-order valence-corrected chi connectivity index (χ0v) is 12.5. The van der Waals surface area contributed by atoms with E-state index in [-0.39, 0.29) is 33.7 Å². The number of halogens is 2. The number of nitrogens with zero attached hydrogens (tertiary/aromatic N) is 3. The van der Waals surface area contributed by atoms with Crippen molar-refractivity contribution in [2.75, 3.05) is 7.05 Å². The van der Waals surface area contributed by atoms with Crippen molar-refractivity contribution in [3.05, 3.63) is 30.6 Å². The summed E-state index contributed by atoms with van der Waals surface area (Å²) in [5, 5.41) is 28.9. The first-order valence-corrected chi connectivity index (χ1v) is 5.16. The van der Waals surface area contributed by atoms with Crippen molar-refractivity contribution in [3.8, 4) is 0 Å². The topological polar surface area (TPSA) is 153 Å². The SMILES string of the molecule is CN1SC(Cl)C(Cl)C1=O.O=[N+]([O-])[O-].O=[N+]([O-])[O-].[Mg+2]. The first-order valence-electron chi connectivity index (χ1n) is 3.45. The van der Waals surface area contributed by atoms with Crippen LogP contribution < -0.4 is 0 Å². The molecule has 0 spiro atoms. The van der Waals surface area contributed by atoms with Crippen LogP contribution in [0.5, 0.6) is 0 Å². The summed E-state index contributed by atoms with van der Waals surface area (Å²) in [7, 11) is 1.66. The van der Waals surface area contributed by atoms with Crippen molar-refractivity contribution in [2.24, 2.45) is 0 Å². The number of alkyl halides is 2. The number of rotatable bonds is 0. The molecule has 10 nitrogen and oxygen atoms in total. The van der Waals surface area contributed by atoms with Crippen LogP contribution in [0.2, 0.25) is 0 Å². The van der Waals surface area contributed by atoms with Gasteiger partial charge in [-0.2, -0.15) is 0 Å². The van der Waals surface area contributed by atoms with Crippen molar-refractivity contribution in [2.45, 2.75) is 10.1 Å². The molecular formula is C4H5Cl2MgN3O7S. The van der Waals surface area contributed by atoms with Crippen molar-refractivity contribution in [1.29, 1.82) is 0 Å². The van der Waals surface area contributed by atoms with Gasteiger partial charge in [-0.15, -0.1) is 23.2 Å². The molecule has 0 aromatic rings. The van der Waals surface area contributed by atoms with E-state index in [0.717, 1.165) is 0 Å². The number of amides is 1. The van der Waals surface area contributed by atoms with E-state index in [1.807, 2.05) is 0 Å². The Kier molecular flexibility index (Phi) is 14.7. The van der Waals surface area contributed by atoms with Gasteiger partial charge in [0, 0.05) is 7.05 Å². The second-order valence-electron chi connectivity index (χ2n) is 2.14. The Labute approximate surface area is 131 Å². The zero-order chi connectivity index (χ0) is 14.2. The molecule has 2 unspecified atom stereocenters. The molecule has 1 amide bonds. The summed E-state index contributed by atoms with van der Waals surface area (Å²) in [5.41, 5.74) is 0. The first-order chi connectivity index (χ1) is 7.59. The van der Waals surface area contributed by atoms with E-state index in [9.17, 15) is 4.79 Å². The summed E-state index contributed by atoms with van der Waals surface area (Å²) in [6, 6.07) is 0. The van der Waals surface area contributed by atoms with Crippen molar-refractivity contribution in [3.63, 3.8) is 0 Å². The first kappa shape index (κ1) is 22.7. The summed E-state index contributed by atoms with van der Waals surface area (Å²) in [4.78, 5) is 27.3. The monoisotopic (exact) mass is 333 g/mol. The van der Waals surface area contributed by atoms with E-state index in [0.29, 0.717) is 0 Å². The van der Waals surface area contributed by atoms with Crippen LogP contribution in [-0.2, 0) is 4.79 Å². The van der Waals surface area contributed by atoms with Crippen molar-refractivity contribution < 1.29 is 15.0 Å². The molecule has 0 aliphatic carbocycles. The Morgan fingerprint density at radius 2 is 1.44 bits per heavy atom. The maximum atomic E-state index is 10.8. The minimum Gasteiger partial charge on any atom is -0.356 e. The van der Waals surface area contributed by atoms with Crippen molar-refractivity contribution >= 4 is 64.1 Å². The molecular weight excluding hydrogens is 329 g/mol. The van der Waals surface area contributed by atoms with Crippen LogP contribution in [0.4, 0.5) is 0 Å². The van der Waals surface area contributed by atoms with Crippen molar-refractivity contribution in [1.82, 2.24) is 4.31 Å². The largest absolute Gasteiger partial charge is 2.00 e. The van der Waals surface area contributed by atoms with Gasteiger partial charge in [-0.05, 0) is 11.9 Å². The molecule has 0 aromatic carbocycles. The average Bonchev–Trinajstić information content (AvgIpc) is 2.31. The van der Waals surface area contributed by atoms with Crippen LogP contribution in [0.3, 0.4) is 0 Å². The minimum atomic E-state index is -1.75. The minimum absolute atomic E-state index is 0. The van der Waals surface area contributed by atoms with Gasteiger partial charge >= 0.3 is 23.1 Å². The Bertz CT molecular complexity index is 278. The Hall–Kier alpha value is -0.434. The van der Waals surface area contributed by atoms with E-state index < -0.39 is 15.6 Å². The zero-order valence-electron chi connectivity index (χ0n) is 8.73. The van der Waals surface area contributed by atoms with E-state index in [4.69, 9.17) is 53.8 Å². The molecule has 2 atom stereocenters. The Balaban J connectivity index is -0.000000214. The van der Waals surface area contributed by atoms with Crippen LogP contribution in [0.25, 0.3) is 0 Å². The molecule has 1 fully saturated rings. The van der Waals surface area contributed by atoms with E-state index in [1.165, 1.54) is 16.3 Å². The normalized spacial score (nSPS) is 20.6. The molecule has 1 rings (SSSR count). The van der Waals surface area contributed by atoms with Crippen LogP contribution >= 0.6 is 35.1 Å². The number of hydrogen-bond acceptors (Lipinski definition) is 8. The molecule has 1 aliphatic rings. The van der Waals surface area contributed by atoms with Crippen LogP contribution in [-0.4, -0.2) is 60.6 Å². The Morgan fingerprint density at radius 3 is 1.50 bits per heavy atom. The summed E-state index contributed by atoms with van der Waals surface area (Å²) < 4.78 is 1.15. The van der Waals surface area contributed by atoms with Gasteiger partial charge in [0.2, 0.25) is 0 Å². The third kappa shape index (κ3) is 13.6. The predicted octanol–water partition coefficient (Wildman–Crippen LogP) is 0.420. The quantitative estimate of drug-likeness (QED) is 0.203. The fraction of sp³-hybridized carbons (Fsp3) is 0.750. The number of carbonyl (C=O) groups is 1. The van der Waals surface area contributed by atoms with Gasteiger partial charge < -0.3 is 30.6 Å². The van der Waals surface area contributed by atoms with Gasteiger partial charge in [-0.1, -0.05) is 0 Å². The molecule has 1 heterocycles. The smallest absolute Gasteiger partial charge is 0.356 e. The average molecular weight is 334 g/mol. The second kappa shape index (κ2) is 11.6. The molecule has 100 valence electrons. The van der Waals surface area contributed by atoms with Crippen LogP contribution in [0.1, 0.15) is 0 Å². The van der Waals surface area contributed by atoms with Gasteiger partial charge in [0.1, 0.15) is 10.1 Å². The molecule has 0 bridgehead atoms. The van der Waals surface area contributed by atoms with Crippen LogP contribution in [0, 0.1) is 30.6 Å². The maximum absolute atomic E-state index is 10.8. The van der Waals surface area contributed by atoms with Gasteiger partial charge in [0.05, 0.1) is 10.2 Å². The van der Waals surface area contributed by atoms with E-state index in [1.54, 1.807) is 7.05 Å².